The van der Waals surface area contributed by atoms with Crippen LogP contribution in [0.3, 0.4) is 0 Å². The lowest BCUT2D eigenvalue weighted by Crippen LogP contribution is -2.36. The number of morpholine rings is 1. The maximum Gasteiger partial charge on any atom is 0.243 e. The van der Waals surface area contributed by atoms with Crippen molar-refractivity contribution in [2.75, 3.05) is 39.4 Å². The number of ether oxygens (including phenoxy) is 1. The Bertz CT molecular complexity index is 263. The molecule has 0 aromatic carbocycles. The van der Waals surface area contributed by atoms with Crippen LogP contribution in [0.1, 0.15) is 20.8 Å². The summed E-state index contributed by atoms with van der Waals surface area (Å²) >= 11 is 0. The monoisotopic (exact) mass is 240 g/mol. The molecular weight excluding hydrogens is 216 g/mol. The second kappa shape index (κ2) is 6.77. The van der Waals surface area contributed by atoms with Gasteiger partial charge in [0.15, 0.2) is 0 Å². The number of carbonyl (C=O) groups is 1. The summed E-state index contributed by atoms with van der Waals surface area (Å²) in [5.41, 5.74) is 0.133. The molecule has 0 atom stereocenters. The molecule has 0 aromatic heterocycles. The first-order valence-electron chi connectivity index (χ1n) is 6.22. The molecule has 1 amide bonds. The van der Waals surface area contributed by atoms with Crippen molar-refractivity contribution in [3.05, 3.63) is 12.2 Å². The average Bonchev–Trinajstić information content (AvgIpc) is 2.27. The number of amides is 1. The average molecular weight is 240 g/mol. The highest BCUT2D eigenvalue weighted by atomic mass is 16.5. The van der Waals surface area contributed by atoms with Gasteiger partial charge < -0.3 is 10.1 Å². The van der Waals surface area contributed by atoms with Crippen molar-refractivity contribution in [3.63, 3.8) is 0 Å². The zero-order valence-corrected chi connectivity index (χ0v) is 11.2. The predicted octanol–water partition coefficient (Wildman–Crippen LogP) is 1.04. The van der Waals surface area contributed by atoms with Crippen LogP contribution in [0.2, 0.25) is 0 Å². The molecule has 1 N–H and O–H groups in total. The molecule has 4 heteroatoms. The summed E-state index contributed by atoms with van der Waals surface area (Å²) in [5, 5.41) is 2.89. The van der Waals surface area contributed by atoms with Crippen LogP contribution in [0.25, 0.3) is 0 Å². The van der Waals surface area contributed by atoms with Gasteiger partial charge in [0.05, 0.1) is 13.2 Å². The smallest absolute Gasteiger partial charge is 0.243 e. The van der Waals surface area contributed by atoms with Gasteiger partial charge in [-0.2, -0.15) is 0 Å². The van der Waals surface area contributed by atoms with Gasteiger partial charge in [-0.15, -0.1) is 0 Å². The molecule has 0 unspecified atom stereocenters. The molecule has 0 spiro atoms. The van der Waals surface area contributed by atoms with Gasteiger partial charge in [-0.05, 0) is 5.41 Å². The number of rotatable bonds is 4. The molecule has 17 heavy (non-hydrogen) atoms. The third-order valence-corrected chi connectivity index (χ3v) is 2.53. The molecule has 1 aliphatic heterocycles. The molecule has 0 bridgehead atoms. The molecule has 1 fully saturated rings. The Hall–Kier alpha value is -0.870. The van der Waals surface area contributed by atoms with Gasteiger partial charge in [-0.1, -0.05) is 26.8 Å². The van der Waals surface area contributed by atoms with Crippen LogP contribution in [0.5, 0.6) is 0 Å². The third-order valence-electron chi connectivity index (χ3n) is 2.53. The first-order valence-corrected chi connectivity index (χ1v) is 6.22. The van der Waals surface area contributed by atoms with E-state index in [1.165, 1.54) is 0 Å². The van der Waals surface area contributed by atoms with Crippen LogP contribution in [-0.4, -0.2) is 50.2 Å². The lowest BCUT2D eigenvalue weighted by molar-refractivity contribution is -0.116. The molecule has 0 saturated carbocycles. The fourth-order valence-electron chi connectivity index (χ4n) is 1.50. The van der Waals surface area contributed by atoms with Gasteiger partial charge in [0.25, 0.3) is 0 Å². The lowest BCUT2D eigenvalue weighted by atomic mass is 9.97. The minimum atomic E-state index is -0.00631. The quantitative estimate of drug-likeness (QED) is 0.746. The molecule has 1 heterocycles. The Balaban J connectivity index is 2.16. The lowest BCUT2D eigenvalue weighted by Gasteiger charge is -2.25. The van der Waals surface area contributed by atoms with E-state index < -0.39 is 0 Å². The maximum absolute atomic E-state index is 11.5. The van der Waals surface area contributed by atoms with E-state index in [4.69, 9.17) is 4.74 Å². The van der Waals surface area contributed by atoms with Crippen molar-refractivity contribution in [3.8, 4) is 0 Å². The fraction of sp³-hybridized carbons (Fsp3) is 0.769. The van der Waals surface area contributed by atoms with E-state index in [0.29, 0.717) is 6.54 Å². The van der Waals surface area contributed by atoms with Gasteiger partial charge in [0, 0.05) is 32.3 Å². The molecule has 0 aliphatic carbocycles. The minimum absolute atomic E-state index is 0.00631. The van der Waals surface area contributed by atoms with Crippen LogP contribution < -0.4 is 5.32 Å². The van der Waals surface area contributed by atoms with Gasteiger partial charge in [0.1, 0.15) is 0 Å². The van der Waals surface area contributed by atoms with Gasteiger partial charge >= 0.3 is 0 Å². The van der Waals surface area contributed by atoms with Crippen molar-refractivity contribution in [1.82, 2.24) is 10.2 Å². The van der Waals surface area contributed by atoms with Gasteiger partial charge in [-0.3, -0.25) is 9.69 Å². The van der Waals surface area contributed by atoms with Crippen LogP contribution in [0, 0.1) is 5.41 Å². The van der Waals surface area contributed by atoms with Crippen LogP contribution in [0.4, 0.5) is 0 Å². The number of nitrogens with zero attached hydrogens (tertiary/aromatic N) is 1. The summed E-state index contributed by atoms with van der Waals surface area (Å²) in [4.78, 5) is 13.8. The second-order valence-electron chi connectivity index (χ2n) is 5.59. The number of carbonyl (C=O) groups excluding carboxylic acids is 1. The van der Waals surface area contributed by atoms with Crippen molar-refractivity contribution in [1.29, 1.82) is 0 Å². The molecule has 0 aromatic rings. The Labute approximate surface area is 104 Å². The van der Waals surface area contributed by atoms with Crippen molar-refractivity contribution >= 4 is 5.91 Å². The van der Waals surface area contributed by atoms with E-state index >= 15 is 0 Å². The van der Waals surface area contributed by atoms with E-state index in [2.05, 4.69) is 31.0 Å². The van der Waals surface area contributed by atoms with Crippen molar-refractivity contribution in [2.24, 2.45) is 5.41 Å². The topological polar surface area (TPSA) is 41.6 Å². The highest BCUT2D eigenvalue weighted by Gasteiger charge is 2.11. The summed E-state index contributed by atoms with van der Waals surface area (Å²) in [7, 11) is 0. The van der Waals surface area contributed by atoms with E-state index in [0.717, 1.165) is 32.8 Å². The van der Waals surface area contributed by atoms with E-state index in [1.54, 1.807) is 6.08 Å². The van der Waals surface area contributed by atoms with Gasteiger partial charge in [0.2, 0.25) is 5.91 Å². The maximum atomic E-state index is 11.5. The number of nitrogens with one attached hydrogen (secondary N) is 1. The summed E-state index contributed by atoms with van der Waals surface area (Å²) in [5.74, 6) is -0.00631. The first kappa shape index (κ1) is 14.2. The van der Waals surface area contributed by atoms with Crippen molar-refractivity contribution in [2.45, 2.75) is 20.8 Å². The summed E-state index contributed by atoms with van der Waals surface area (Å²) in [6.07, 6.45) is 3.55. The van der Waals surface area contributed by atoms with Crippen molar-refractivity contribution < 1.29 is 9.53 Å². The molecule has 1 rings (SSSR count). The summed E-state index contributed by atoms with van der Waals surface area (Å²) < 4.78 is 5.26. The zero-order valence-electron chi connectivity index (χ0n) is 11.2. The Kier molecular flexibility index (Phi) is 5.65. The first-order chi connectivity index (χ1) is 7.97. The highest BCUT2D eigenvalue weighted by molar-refractivity contribution is 5.87. The number of hydrogen-bond donors (Lipinski definition) is 1. The Morgan fingerprint density at radius 2 is 2.00 bits per heavy atom. The zero-order chi connectivity index (χ0) is 12.7. The van der Waals surface area contributed by atoms with E-state index in [9.17, 15) is 4.79 Å². The largest absolute Gasteiger partial charge is 0.379 e. The number of hydrogen-bond acceptors (Lipinski definition) is 3. The summed E-state index contributed by atoms with van der Waals surface area (Å²) in [6.45, 7) is 11.3. The van der Waals surface area contributed by atoms with E-state index in [1.807, 2.05) is 6.08 Å². The van der Waals surface area contributed by atoms with E-state index in [-0.39, 0.29) is 11.3 Å². The Morgan fingerprint density at radius 3 is 2.59 bits per heavy atom. The highest BCUT2D eigenvalue weighted by Crippen LogP contribution is 2.09. The molecule has 1 saturated heterocycles. The molecule has 1 aliphatic rings. The van der Waals surface area contributed by atoms with Crippen LogP contribution in [0.15, 0.2) is 12.2 Å². The predicted molar refractivity (Wildman–Crippen MR) is 68.9 cm³/mol. The Morgan fingerprint density at radius 1 is 1.35 bits per heavy atom. The molecule has 0 radical (unpaired) electrons. The normalized spacial score (nSPS) is 18.5. The fourth-order valence-corrected chi connectivity index (χ4v) is 1.50. The summed E-state index contributed by atoms with van der Waals surface area (Å²) in [6, 6.07) is 0. The SMILES string of the molecule is CC(C)(C)CNC(=O)/C=C/CN1CCOCC1. The molecule has 98 valence electrons. The molecular formula is C13H24N2O2. The third kappa shape index (κ3) is 7.13. The van der Waals surface area contributed by atoms with Crippen LogP contribution in [-0.2, 0) is 9.53 Å². The van der Waals surface area contributed by atoms with Crippen LogP contribution >= 0.6 is 0 Å². The molecule has 4 nitrogen and oxygen atoms in total. The second-order valence-corrected chi connectivity index (χ2v) is 5.59. The van der Waals surface area contributed by atoms with Gasteiger partial charge in [-0.25, -0.2) is 0 Å². The standard InChI is InChI=1S/C13H24N2O2/c1-13(2,3)11-14-12(16)5-4-6-15-7-9-17-10-8-15/h4-5H,6-11H2,1-3H3,(H,14,16)/b5-4+. The minimum Gasteiger partial charge on any atom is -0.379 e.